The molecule has 0 aromatic carbocycles. The number of piperazine rings is 1. The van der Waals surface area contributed by atoms with Gasteiger partial charge in [0.25, 0.3) is 0 Å². The predicted octanol–water partition coefficient (Wildman–Crippen LogP) is -2.00. The first-order valence-electron chi connectivity index (χ1n) is 4.22. The molecule has 94 valence electrons. The van der Waals surface area contributed by atoms with E-state index in [2.05, 4.69) is 0 Å². The molecule has 1 aliphatic heterocycles. The van der Waals surface area contributed by atoms with Crippen LogP contribution < -0.4 is 5.73 Å². The van der Waals surface area contributed by atoms with Crippen LogP contribution in [0.4, 0.5) is 0 Å². The summed E-state index contributed by atoms with van der Waals surface area (Å²) in [5.74, 6) is 0.0931. The van der Waals surface area contributed by atoms with Crippen molar-refractivity contribution in [2.75, 3.05) is 26.2 Å². The van der Waals surface area contributed by atoms with Gasteiger partial charge >= 0.3 is 10.4 Å². The van der Waals surface area contributed by atoms with E-state index in [-0.39, 0.29) is 5.96 Å². The molecular formula is C6H14N4O5S. The third-order valence-electron chi connectivity index (χ3n) is 1.80. The summed E-state index contributed by atoms with van der Waals surface area (Å²) in [6, 6.07) is 0. The van der Waals surface area contributed by atoms with E-state index in [1.807, 2.05) is 0 Å². The summed E-state index contributed by atoms with van der Waals surface area (Å²) in [5.41, 5.74) is 5.26. The Balaban J connectivity index is 0.000000385. The van der Waals surface area contributed by atoms with E-state index < -0.39 is 10.4 Å². The standard InChI is InChI=1S/C6H12N4O.H2O4S/c7-6(8)10-3-1-9(5-11)2-4-10;1-5(2,3)4/h5H,1-4H2,(H3,7,8);(H2,1,2,3,4). The lowest BCUT2D eigenvalue weighted by atomic mass is 10.3. The van der Waals surface area contributed by atoms with Crippen molar-refractivity contribution in [1.82, 2.24) is 9.80 Å². The molecule has 0 spiro atoms. The minimum atomic E-state index is -4.67. The first-order chi connectivity index (χ1) is 7.24. The molecule has 1 amide bonds. The summed E-state index contributed by atoms with van der Waals surface area (Å²) in [6.45, 7) is 2.69. The summed E-state index contributed by atoms with van der Waals surface area (Å²) < 4.78 is 31.6. The number of amides is 1. The molecule has 1 fully saturated rings. The molecule has 0 bridgehead atoms. The van der Waals surface area contributed by atoms with Gasteiger partial charge in [-0.1, -0.05) is 0 Å². The number of rotatable bonds is 1. The van der Waals surface area contributed by atoms with Crippen LogP contribution in [0.2, 0.25) is 0 Å². The Labute approximate surface area is 92.9 Å². The summed E-state index contributed by atoms with van der Waals surface area (Å²) in [5, 5.41) is 7.11. The van der Waals surface area contributed by atoms with E-state index in [0.29, 0.717) is 26.2 Å². The van der Waals surface area contributed by atoms with E-state index in [0.717, 1.165) is 6.41 Å². The number of hydrogen-bond donors (Lipinski definition) is 4. The minimum absolute atomic E-state index is 0.0931. The predicted molar refractivity (Wildman–Crippen MR) is 55.3 cm³/mol. The highest BCUT2D eigenvalue weighted by Gasteiger charge is 2.15. The van der Waals surface area contributed by atoms with E-state index in [1.54, 1.807) is 9.80 Å². The molecule has 9 nitrogen and oxygen atoms in total. The average molecular weight is 254 g/mol. The summed E-state index contributed by atoms with van der Waals surface area (Å²) in [4.78, 5) is 13.7. The highest BCUT2D eigenvalue weighted by molar-refractivity contribution is 7.79. The Morgan fingerprint density at radius 1 is 1.25 bits per heavy atom. The Bertz CT molecular complexity index is 327. The van der Waals surface area contributed by atoms with Crippen LogP contribution in [0.25, 0.3) is 0 Å². The number of carbonyl (C=O) groups excluding carboxylic acids is 1. The Morgan fingerprint density at radius 3 is 1.88 bits per heavy atom. The number of carbonyl (C=O) groups is 1. The molecule has 0 saturated carbocycles. The van der Waals surface area contributed by atoms with Crippen molar-refractivity contribution in [3.63, 3.8) is 0 Å². The second-order valence-electron chi connectivity index (χ2n) is 2.96. The lowest BCUT2D eigenvalue weighted by Gasteiger charge is -2.32. The first kappa shape index (κ1) is 14.6. The number of hydrogen-bond acceptors (Lipinski definition) is 4. The zero-order valence-corrected chi connectivity index (χ0v) is 9.22. The van der Waals surface area contributed by atoms with Crippen LogP contribution in [-0.4, -0.2) is 65.9 Å². The Hall–Kier alpha value is -1.39. The smallest absolute Gasteiger partial charge is 0.370 e. The number of nitrogens with one attached hydrogen (secondary N) is 1. The van der Waals surface area contributed by atoms with Crippen LogP contribution in [0.15, 0.2) is 0 Å². The van der Waals surface area contributed by atoms with Crippen LogP contribution in [-0.2, 0) is 15.2 Å². The number of nitrogens with two attached hydrogens (primary N) is 1. The molecular weight excluding hydrogens is 240 g/mol. The van der Waals surface area contributed by atoms with Gasteiger partial charge in [0.05, 0.1) is 0 Å². The van der Waals surface area contributed by atoms with Gasteiger partial charge in [-0.15, -0.1) is 0 Å². The van der Waals surface area contributed by atoms with Crippen molar-refractivity contribution in [2.24, 2.45) is 5.73 Å². The first-order valence-corrected chi connectivity index (χ1v) is 5.62. The second-order valence-corrected chi connectivity index (χ2v) is 3.86. The fraction of sp³-hybridized carbons (Fsp3) is 0.667. The normalized spacial score (nSPS) is 16.1. The van der Waals surface area contributed by atoms with Crippen molar-refractivity contribution in [1.29, 1.82) is 5.41 Å². The molecule has 5 N–H and O–H groups in total. The van der Waals surface area contributed by atoms with Crippen molar-refractivity contribution in [3.05, 3.63) is 0 Å². The largest absolute Gasteiger partial charge is 0.394 e. The SMILES string of the molecule is N=C(N)N1CCN(C=O)CC1.O=S(=O)(O)O. The van der Waals surface area contributed by atoms with Gasteiger partial charge < -0.3 is 15.5 Å². The second kappa shape index (κ2) is 6.25. The van der Waals surface area contributed by atoms with Gasteiger partial charge in [0, 0.05) is 26.2 Å². The average Bonchev–Trinajstić information content (AvgIpc) is 2.15. The molecule has 0 atom stereocenters. The quantitative estimate of drug-likeness (QED) is 0.183. The lowest BCUT2D eigenvalue weighted by molar-refractivity contribution is -0.119. The zero-order chi connectivity index (χ0) is 12.8. The van der Waals surface area contributed by atoms with Crippen LogP contribution >= 0.6 is 0 Å². The van der Waals surface area contributed by atoms with Crippen LogP contribution in [0.1, 0.15) is 0 Å². The van der Waals surface area contributed by atoms with Gasteiger partial charge in [-0.25, -0.2) is 0 Å². The fourth-order valence-electron chi connectivity index (χ4n) is 1.07. The topological polar surface area (TPSA) is 148 Å². The van der Waals surface area contributed by atoms with E-state index >= 15 is 0 Å². The fourth-order valence-corrected chi connectivity index (χ4v) is 1.07. The van der Waals surface area contributed by atoms with Gasteiger partial charge in [-0.2, -0.15) is 8.42 Å². The monoisotopic (exact) mass is 254 g/mol. The van der Waals surface area contributed by atoms with Crippen LogP contribution in [0.3, 0.4) is 0 Å². The van der Waals surface area contributed by atoms with Crippen molar-refractivity contribution in [2.45, 2.75) is 0 Å². The van der Waals surface area contributed by atoms with Gasteiger partial charge in [0.1, 0.15) is 0 Å². The molecule has 10 heteroatoms. The van der Waals surface area contributed by atoms with E-state index in [9.17, 15) is 4.79 Å². The van der Waals surface area contributed by atoms with Crippen molar-refractivity contribution in [3.8, 4) is 0 Å². The minimum Gasteiger partial charge on any atom is -0.370 e. The summed E-state index contributed by atoms with van der Waals surface area (Å²) in [6.07, 6.45) is 0.831. The van der Waals surface area contributed by atoms with Gasteiger partial charge in [-0.3, -0.25) is 19.3 Å². The zero-order valence-electron chi connectivity index (χ0n) is 8.40. The number of nitrogens with zero attached hydrogens (tertiary/aromatic N) is 2. The van der Waals surface area contributed by atoms with Crippen molar-refractivity contribution < 1.29 is 22.3 Å². The van der Waals surface area contributed by atoms with Gasteiger partial charge in [-0.05, 0) is 0 Å². The molecule has 0 aliphatic carbocycles. The van der Waals surface area contributed by atoms with Crippen molar-refractivity contribution >= 4 is 22.8 Å². The summed E-state index contributed by atoms with van der Waals surface area (Å²) in [7, 11) is -4.67. The molecule has 0 aromatic heterocycles. The molecule has 1 saturated heterocycles. The molecule has 1 heterocycles. The Morgan fingerprint density at radius 2 is 1.62 bits per heavy atom. The molecule has 1 rings (SSSR count). The van der Waals surface area contributed by atoms with Gasteiger partial charge in [0.15, 0.2) is 5.96 Å². The van der Waals surface area contributed by atoms with Gasteiger partial charge in [0.2, 0.25) is 6.41 Å². The Kier molecular flexibility index (Phi) is 5.71. The molecule has 0 radical (unpaired) electrons. The van der Waals surface area contributed by atoms with Crippen LogP contribution in [0, 0.1) is 5.41 Å². The lowest BCUT2D eigenvalue weighted by Crippen LogP contribution is -2.50. The molecule has 0 aromatic rings. The summed E-state index contributed by atoms with van der Waals surface area (Å²) >= 11 is 0. The highest BCUT2D eigenvalue weighted by Crippen LogP contribution is 1.97. The maximum atomic E-state index is 10.3. The van der Waals surface area contributed by atoms with Crippen LogP contribution in [0.5, 0.6) is 0 Å². The third-order valence-corrected chi connectivity index (χ3v) is 1.80. The maximum Gasteiger partial charge on any atom is 0.394 e. The molecule has 16 heavy (non-hydrogen) atoms. The maximum absolute atomic E-state index is 10.3. The third kappa shape index (κ3) is 7.96. The molecule has 1 aliphatic rings. The van der Waals surface area contributed by atoms with E-state index in [4.69, 9.17) is 28.7 Å². The highest BCUT2D eigenvalue weighted by atomic mass is 32.3. The van der Waals surface area contributed by atoms with E-state index in [1.165, 1.54) is 0 Å². The molecule has 0 unspecified atom stereocenters. The number of guanidine groups is 1.